The van der Waals surface area contributed by atoms with Crippen LogP contribution >= 0.6 is 0 Å². The molecular formula is C18H34OSi. The van der Waals surface area contributed by atoms with Gasteiger partial charge in [0.1, 0.15) is 6.10 Å². The van der Waals surface area contributed by atoms with Crippen LogP contribution in [0.2, 0.25) is 18.1 Å². The number of ether oxygens (including phenoxy) is 1. The van der Waals surface area contributed by atoms with E-state index in [1.807, 2.05) is 0 Å². The van der Waals surface area contributed by atoms with Gasteiger partial charge in [-0.2, -0.15) is 0 Å². The van der Waals surface area contributed by atoms with Crippen LogP contribution in [0.25, 0.3) is 0 Å². The number of hydrogen-bond donors (Lipinski definition) is 0. The van der Waals surface area contributed by atoms with Crippen LogP contribution in [0.3, 0.4) is 0 Å². The third-order valence-electron chi connectivity index (χ3n) is 6.30. The van der Waals surface area contributed by atoms with Crippen LogP contribution in [0.1, 0.15) is 66.7 Å². The first-order valence-corrected chi connectivity index (χ1v) is 11.5. The van der Waals surface area contributed by atoms with Gasteiger partial charge in [0.05, 0.1) is 13.8 Å². The summed E-state index contributed by atoms with van der Waals surface area (Å²) in [7, 11) is -1.45. The topological polar surface area (TPSA) is 9.23 Å². The minimum atomic E-state index is -1.45. The summed E-state index contributed by atoms with van der Waals surface area (Å²) in [6, 6.07) is 0. The predicted molar refractivity (Wildman–Crippen MR) is 90.5 cm³/mol. The van der Waals surface area contributed by atoms with Crippen molar-refractivity contribution in [3.8, 4) is 0 Å². The molecule has 1 fully saturated rings. The molecule has 1 aliphatic heterocycles. The van der Waals surface area contributed by atoms with E-state index in [9.17, 15) is 0 Å². The highest BCUT2D eigenvalue weighted by Crippen LogP contribution is 2.50. The lowest BCUT2D eigenvalue weighted by molar-refractivity contribution is 0.0462. The molecule has 1 nitrogen and oxygen atoms in total. The minimum Gasteiger partial charge on any atom is -0.495 e. The SMILES string of the molecule is CC1=C([Si](C)(C)C(C)(C)C)[C@@H](C)[C@@H](C2CCCCC2)O1. The third-order valence-corrected chi connectivity index (χ3v) is 12.2. The molecule has 0 amide bonds. The fourth-order valence-electron chi connectivity index (χ4n) is 4.23. The Morgan fingerprint density at radius 2 is 1.60 bits per heavy atom. The first-order chi connectivity index (χ1) is 9.16. The summed E-state index contributed by atoms with van der Waals surface area (Å²) in [5.41, 5.74) is 0. The molecule has 0 aromatic rings. The molecule has 2 atom stereocenters. The van der Waals surface area contributed by atoms with Gasteiger partial charge in [0.25, 0.3) is 0 Å². The zero-order valence-corrected chi connectivity index (χ0v) is 15.7. The number of allylic oxidation sites excluding steroid dienone is 1. The zero-order chi connectivity index (χ0) is 15.1. The lowest BCUT2D eigenvalue weighted by Crippen LogP contribution is -2.43. The Bertz CT molecular complexity index is 383. The highest BCUT2D eigenvalue weighted by atomic mass is 28.3. The standard InChI is InChI=1S/C18H34OSi/c1-13-16(15-11-9-8-10-12-15)19-14(2)17(13)20(6,7)18(3,4)5/h13,15-16H,8-12H2,1-7H3/t13-,16-/m0/s1. The molecule has 1 saturated carbocycles. The van der Waals surface area contributed by atoms with Gasteiger partial charge >= 0.3 is 0 Å². The quantitative estimate of drug-likeness (QED) is 0.574. The fraction of sp³-hybridized carbons (Fsp3) is 0.889. The molecule has 0 N–H and O–H groups in total. The number of hydrogen-bond acceptors (Lipinski definition) is 1. The summed E-state index contributed by atoms with van der Waals surface area (Å²) in [5, 5.41) is 2.11. The molecule has 20 heavy (non-hydrogen) atoms. The van der Waals surface area contributed by atoms with Gasteiger partial charge in [0.2, 0.25) is 0 Å². The van der Waals surface area contributed by atoms with Crippen molar-refractivity contribution in [2.45, 2.75) is 91.0 Å². The summed E-state index contributed by atoms with van der Waals surface area (Å²) in [5.74, 6) is 2.72. The monoisotopic (exact) mass is 294 g/mol. The van der Waals surface area contributed by atoms with Crippen molar-refractivity contribution < 1.29 is 4.74 Å². The molecule has 0 spiro atoms. The maximum Gasteiger partial charge on any atom is 0.107 e. The lowest BCUT2D eigenvalue weighted by Gasteiger charge is -2.40. The van der Waals surface area contributed by atoms with Gasteiger partial charge in [-0.3, -0.25) is 0 Å². The van der Waals surface area contributed by atoms with Crippen LogP contribution in [0.15, 0.2) is 11.0 Å². The number of rotatable bonds is 2. The second-order valence-corrected chi connectivity index (χ2v) is 13.9. The molecule has 1 heterocycles. The van der Waals surface area contributed by atoms with E-state index in [-0.39, 0.29) is 0 Å². The average Bonchev–Trinajstić information content (AvgIpc) is 2.65. The molecule has 2 rings (SSSR count). The van der Waals surface area contributed by atoms with Crippen molar-refractivity contribution >= 4 is 8.07 Å². The molecule has 116 valence electrons. The molecule has 0 aromatic heterocycles. The first kappa shape index (κ1) is 16.1. The van der Waals surface area contributed by atoms with E-state index < -0.39 is 8.07 Å². The Morgan fingerprint density at radius 3 is 2.10 bits per heavy atom. The van der Waals surface area contributed by atoms with E-state index in [1.54, 1.807) is 5.20 Å². The predicted octanol–water partition coefficient (Wildman–Crippen LogP) is 5.92. The second-order valence-electron chi connectivity index (χ2n) is 8.61. The first-order valence-electron chi connectivity index (χ1n) is 8.54. The van der Waals surface area contributed by atoms with Crippen LogP contribution < -0.4 is 0 Å². The zero-order valence-electron chi connectivity index (χ0n) is 14.7. The van der Waals surface area contributed by atoms with Crippen molar-refractivity contribution in [1.82, 2.24) is 0 Å². The summed E-state index contributed by atoms with van der Waals surface area (Å²) >= 11 is 0. The third kappa shape index (κ3) is 2.73. The smallest absolute Gasteiger partial charge is 0.107 e. The van der Waals surface area contributed by atoms with Gasteiger partial charge in [0, 0.05) is 5.92 Å². The summed E-state index contributed by atoms with van der Waals surface area (Å²) < 4.78 is 6.42. The van der Waals surface area contributed by atoms with E-state index in [2.05, 4.69) is 47.7 Å². The molecule has 0 saturated heterocycles. The Labute approximate surface area is 127 Å². The molecule has 0 unspecified atom stereocenters. The fourth-order valence-corrected chi connectivity index (χ4v) is 7.28. The molecule has 0 aromatic carbocycles. The molecular weight excluding hydrogens is 260 g/mol. The van der Waals surface area contributed by atoms with Gasteiger partial charge in [0.15, 0.2) is 0 Å². The van der Waals surface area contributed by atoms with Crippen molar-refractivity contribution in [3.05, 3.63) is 11.0 Å². The Morgan fingerprint density at radius 1 is 1.05 bits per heavy atom. The van der Waals surface area contributed by atoms with Gasteiger partial charge in [-0.25, -0.2) is 0 Å². The van der Waals surface area contributed by atoms with E-state index in [0.717, 1.165) is 5.92 Å². The Hall–Kier alpha value is -0.243. The van der Waals surface area contributed by atoms with Crippen LogP contribution in [0, 0.1) is 11.8 Å². The van der Waals surface area contributed by atoms with E-state index in [1.165, 1.54) is 37.9 Å². The Kier molecular flexibility index (Phi) is 4.45. The van der Waals surface area contributed by atoms with Gasteiger partial charge in [-0.05, 0) is 35.9 Å². The second kappa shape index (κ2) is 5.51. The van der Waals surface area contributed by atoms with Crippen molar-refractivity contribution in [2.75, 3.05) is 0 Å². The molecule has 2 heteroatoms. The van der Waals surface area contributed by atoms with Crippen LogP contribution in [-0.4, -0.2) is 14.2 Å². The van der Waals surface area contributed by atoms with Crippen molar-refractivity contribution in [1.29, 1.82) is 0 Å². The molecule has 0 bridgehead atoms. The largest absolute Gasteiger partial charge is 0.495 e. The maximum absolute atomic E-state index is 6.42. The highest BCUT2D eigenvalue weighted by molar-refractivity contribution is 6.87. The molecule has 2 aliphatic rings. The molecule has 1 aliphatic carbocycles. The van der Waals surface area contributed by atoms with Gasteiger partial charge < -0.3 is 4.74 Å². The maximum atomic E-state index is 6.42. The van der Waals surface area contributed by atoms with E-state index in [0.29, 0.717) is 17.1 Å². The normalized spacial score (nSPS) is 29.8. The average molecular weight is 295 g/mol. The van der Waals surface area contributed by atoms with Crippen molar-refractivity contribution in [2.24, 2.45) is 11.8 Å². The van der Waals surface area contributed by atoms with Crippen molar-refractivity contribution in [3.63, 3.8) is 0 Å². The lowest BCUT2D eigenvalue weighted by atomic mass is 9.81. The van der Waals surface area contributed by atoms with Crippen LogP contribution in [0.5, 0.6) is 0 Å². The Balaban J connectivity index is 2.21. The van der Waals surface area contributed by atoms with Gasteiger partial charge in [-0.1, -0.05) is 60.1 Å². The van der Waals surface area contributed by atoms with E-state index in [4.69, 9.17) is 4.74 Å². The van der Waals surface area contributed by atoms with E-state index >= 15 is 0 Å². The van der Waals surface area contributed by atoms with Crippen LogP contribution in [0.4, 0.5) is 0 Å². The highest BCUT2D eigenvalue weighted by Gasteiger charge is 2.48. The molecule has 0 radical (unpaired) electrons. The van der Waals surface area contributed by atoms with Gasteiger partial charge in [-0.15, -0.1) is 0 Å². The summed E-state index contributed by atoms with van der Waals surface area (Å²) in [6.07, 6.45) is 7.48. The van der Waals surface area contributed by atoms with Crippen LogP contribution in [-0.2, 0) is 4.74 Å². The summed E-state index contributed by atoms with van der Waals surface area (Å²) in [4.78, 5) is 0. The minimum absolute atomic E-state index is 0.405. The summed E-state index contributed by atoms with van der Waals surface area (Å²) in [6.45, 7) is 17.0.